The molecule has 1 amide bonds. The summed E-state index contributed by atoms with van der Waals surface area (Å²) >= 11 is 0. The summed E-state index contributed by atoms with van der Waals surface area (Å²) in [6, 6.07) is -0.796. The molecule has 7 atom stereocenters. The summed E-state index contributed by atoms with van der Waals surface area (Å²) in [6.45, 7) is 3.74. The van der Waals surface area contributed by atoms with Crippen LogP contribution in [-0.2, 0) is 14.3 Å². The minimum atomic E-state index is -1.56. The number of ether oxygens (including phenoxy) is 2. The molecule has 0 bridgehead atoms. The van der Waals surface area contributed by atoms with Crippen LogP contribution < -0.4 is 5.32 Å². The van der Waals surface area contributed by atoms with Crippen LogP contribution in [0.5, 0.6) is 0 Å². The van der Waals surface area contributed by atoms with E-state index in [1.807, 2.05) is 6.08 Å². The summed E-state index contributed by atoms with van der Waals surface area (Å²) in [5.74, 6) is -0.178. The Kier molecular flexibility index (Phi) is 28.8. The van der Waals surface area contributed by atoms with Crippen LogP contribution in [0.4, 0.5) is 0 Å². The fraction of sp³-hybridized carbons (Fsp3) is 0.923. The van der Waals surface area contributed by atoms with Gasteiger partial charge in [0.05, 0.1) is 25.4 Å². The van der Waals surface area contributed by atoms with Crippen molar-refractivity contribution < 1.29 is 39.8 Å². The first kappa shape index (κ1) is 45.0. The van der Waals surface area contributed by atoms with Crippen LogP contribution in [0.15, 0.2) is 12.2 Å². The van der Waals surface area contributed by atoms with Crippen LogP contribution >= 0.6 is 0 Å². The number of carbonyl (C=O) groups excluding carboxylic acids is 1. The van der Waals surface area contributed by atoms with Crippen LogP contribution in [0.1, 0.15) is 174 Å². The van der Waals surface area contributed by atoms with Crippen molar-refractivity contribution in [3.63, 3.8) is 0 Å². The second-order valence-corrected chi connectivity index (χ2v) is 14.1. The third kappa shape index (κ3) is 21.9. The maximum atomic E-state index is 12.9. The molecule has 1 saturated heterocycles. The van der Waals surface area contributed by atoms with Crippen molar-refractivity contribution in [2.45, 2.75) is 217 Å². The summed E-state index contributed by atoms with van der Waals surface area (Å²) in [4.78, 5) is 12.9. The Morgan fingerprint density at radius 2 is 1.15 bits per heavy atom. The van der Waals surface area contributed by atoms with E-state index in [1.165, 1.54) is 116 Å². The number of rotatable bonds is 32. The molecule has 9 heteroatoms. The fourth-order valence-electron chi connectivity index (χ4n) is 6.33. The predicted molar refractivity (Wildman–Crippen MR) is 194 cm³/mol. The topological polar surface area (TPSA) is 149 Å². The molecular formula is C39H75NO8. The Hall–Kier alpha value is -1.07. The number of amides is 1. The van der Waals surface area contributed by atoms with Crippen molar-refractivity contribution in [1.29, 1.82) is 0 Å². The Morgan fingerprint density at radius 1 is 0.688 bits per heavy atom. The highest BCUT2D eigenvalue weighted by Crippen LogP contribution is 2.22. The zero-order chi connectivity index (χ0) is 35.2. The average molecular weight is 686 g/mol. The first-order chi connectivity index (χ1) is 23.3. The van der Waals surface area contributed by atoms with E-state index in [2.05, 4.69) is 19.2 Å². The van der Waals surface area contributed by atoms with E-state index in [1.54, 1.807) is 6.08 Å². The van der Waals surface area contributed by atoms with E-state index in [9.17, 15) is 30.3 Å². The Balaban J connectivity index is 2.44. The lowest BCUT2D eigenvalue weighted by Crippen LogP contribution is -2.60. The van der Waals surface area contributed by atoms with Crippen molar-refractivity contribution in [3.05, 3.63) is 12.2 Å². The molecule has 48 heavy (non-hydrogen) atoms. The predicted octanol–water partition coefficient (Wildman–Crippen LogP) is 7.00. The molecule has 6 N–H and O–H groups in total. The van der Waals surface area contributed by atoms with Gasteiger partial charge in [-0.3, -0.25) is 4.79 Å². The maximum absolute atomic E-state index is 12.9. The van der Waals surface area contributed by atoms with Gasteiger partial charge in [-0.1, -0.05) is 161 Å². The molecule has 0 aromatic rings. The molecule has 1 aliphatic heterocycles. The van der Waals surface area contributed by atoms with Gasteiger partial charge < -0.3 is 40.3 Å². The molecular weight excluding hydrogens is 610 g/mol. The number of carbonyl (C=O) groups is 1. The highest BCUT2D eigenvalue weighted by Gasteiger charge is 2.44. The highest BCUT2D eigenvalue weighted by atomic mass is 16.7. The minimum Gasteiger partial charge on any atom is -0.394 e. The van der Waals surface area contributed by atoms with Gasteiger partial charge in [-0.15, -0.1) is 0 Å². The molecule has 0 aromatic heterocycles. The van der Waals surface area contributed by atoms with Crippen molar-refractivity contribution in [1.82, 2.24) is 5.32 Å². The van der Waals surface area contributed by atoms with Crippen LogP contribution in [0, 0.1) is 0 Å². The number of allylic oxidation sites excluding steroid dienone is 1. The lowest BCUT2D eigenvalue weighted by atomic mass is 9.99. The van der Waals surface area contributed by atoms with Gasteiger partial charge in [0.25, 0.3) is 0 Å². The maximum Gasteiger partial charge on any atom is 0.220 e. The van der Waals surface area contributed by atoms with Crippen LogP contribution in [-0.4, -0.2) is 87.5 Å². The largest absolute Gasteiger partial charge is 0.394 e. The zero-order valence-electron chi connectivity index (χ0n) is 30.7. The third-order valence-electron chi connectivity index (χ3n) is 9.61. The van der Waals surface area contributed by atoms with Crippen LogP contribution in [0.25, 0.3) is 0 Å². The molecule has 1 aliphatic rings. The standard InChI is InChI=1S/C39H75NO8/c1-3-5-7-9-11-13-15-17-19-21-23-25-27-29-35(43)40-32(31-47-39-38(46)37(45)36(44)34(30-41)48-39)33(42)28-26-24-22-20-18-16-14-12-10-8-6-4-2/h26,28,32-34,36-39,41-42,44-46H,3-25,27,29-31H2,1-2H3,(H,40,43)/b28-26+. The molecule has 0 spiro atoms. The molecule has 0 radical (unpaired) electrons. The molecule has 284 valence electrons. The lowest BCUT2D eigenvalue weighted by Gasteiger charge is -2.40. The zero-order valence-corrected chi connectivity index (χ0v) is 30.7. The van der Waals surface area contributed by atoms with E-state index in [-0.39, 0.29) is 12.5 Å². The van der Waals surface area contributed by atoms with Gasteiger partial charge in [0.15, 0.2) is 6.29 Å². The second-order valence-electron chi connectivity index (χ2n) is 14.1. The van der Waals surface area contributed by atoms with Crippen molar-refractivity contribution in [2.75, 3.05) is 13.2 Å². The van der Waals surface area contributed by atoms with Gasteiger partial charge >= 0.3 is 0 Å². The number of aliphatic hydroxyl groups is 5. The quantitative estimate of drug-likeness (QED) is 0.0328. The third-order valence-corrected chi connectivity index (χ3v) is 9.61. The van der Waals surface area contributed by atoms with E-state index in [4.69, 9.17) is 9.47 Å². The SMILES string of the molecule is CCCCCCCCCCCC/C=C/C(O)C(COC1OC(CO)C(O)C(O)C1O)NC(=O)CCCCCCCCCCCCCCC. The first-order valence-electron chi connectivity index (χ1n) is 19.9. The van der Waals surface area contributed by atoms with Crippen LogP contribution in [0.3, 0.4) is 0 Å². The second kappa shape index (κ2) is 30.7. The monoisotopic (exact) mass is 686 g/mol. The molecule has 0 saturated carbocycles. The Labute approximate surface area is 293 Å². The summed E-state index contributed by atoms with van der Waals surface area (Å²) < 4.78 is 11.2. The normalized spacial score (nSPS) is 22.7. The Bertz CT molecular complexity index is 766. The smallest absolute Gasteiger partial charge is 0.220 e. The average Bonchev–Trinajstić information content (AvgIpc) is 3.08. The van der Waals surface area contributed by atoms with E-state index in [0.29, 0.717) is 6.42 Å². The lowest BCUT2D eigenvalue weighted by molar-refractivity contribution is -0.302. The number of hydrogen-bond acceptors (Lipinski definition) is 8. The number of unbranched alkanes of at least 4 members (excludes halogenated alkanes) is 22. The van der Waals surface area contributed by atoms with Gasteiger partial charge in [-0.05, 0) is 19.3 Å². The molecule has 1 rings (SSSR count). The van der Waals surface area contributed by atoms with Gasteiger partial charge in [0.1, 0.15) is 24.4 Å². The summed E-state index contributed by atoms with van der Waals surface area (Å²) in [5, 5.41) is 53.9. The molecule has 1 heterocycles. The van der Waals surface area contributed by atoms with Crippen molar-refractivity contribution >= 4 is 5.91 Å². The summed E-state index contributed by atoms with van der Waals surface area (Å²) in [7, 11) is 0. The molecule has 9 nitrogen and oxygen atoms in total. The van der Waals surface area contributed by atoms with Gasteiger partial charge in [-0.2, -0.15) is 0 Å². The van der Waals surface area contributed by atoms with Gasteiger partial charge in [0, 0.05) is 6.42 Å². The molecule has 0 aromatic carbocycles. The Morgan fingerprint density at radius 3 is 1.62 bits per heavy atom. The molecule has 7 unspecified atom stereocenters. The van der Waals surface area contributed by atoms with E-state index < -0.39 is 49.5 Å². The number of aliphatic hydroxyl groups excluding tert-OH is 5. The fourth-order valence-corrected chi connectivity index (χ4v) is 6.33. The van der Waals surface area contributed by atoms with Crippen molar-refractivity contribution in [2.24, 2.45) is 0 Å². The highest BCUT2D eigenvalue weighted by molar-refractivity contribution is 5.76. The van der Waals surface area contributed by atoms with E-state index >= 15 is 0 Å². The van der Waals surface area contributed by atoms with Gasteiger partial charge in [0.2, 0.25) is 5.91 Å². The summed E-state index contributed by atoms with van der Waals surface area (Å²) in [5.41, 5.74) is 0. The van der Waals surface area contributed by atoms with Crippen molar-refractivity contribution in [3.8, 4) is 0 Å². The molecule has 1 fully saturated rings. The number of nitrogens with one attached hydrogen (secondary N) is 1. The van der Waals surface area contributed by atoms with Crippen LogP contribution in [0.2, 0.25) is 0 Å². The number of hydrogen-bond donors (Lipinski definition) is 6. The van der Waals surface area contributed by atoms with E-state index in [0.717, 1.165) is 38.5 Å². The first-order valence-corrected chi connectivity index (χ1v) is 19.9. The molecule has 0 aliphatic carbocycles. The van der Waals surface area contributed by atoms with Gasteiger partial charge in [-0.25, -0.2) is 0 Å². The summed E-state index contributed by atoms with van der Waals surface area (Å²) in [6.07, 6.45) is 25.3. The minimum absolute atomic E-state index is 0.178.